The van der Waals surface area contributed by atoms with Crippen LogP contribution in [0.5, 0.6) is 0 Å². The normalized spacial score (nSPS) is 14.7. The molecule has 0 aliphatic carbocycles. The minimum Gasteiger partial charge on any atom is -0.381 e. The SMILES string of the molecule is O=C(Nc1ccc(C(F)(F)F)cc1)Nc1c[nH]c2ncc(-c3ccc(C4CCOCC4)nc3)cc12. The van der Waals surface area contributed by atoms with Crippen molar-refractivity contribution in [1.82, 2.24) is 15.0 Å². The average Bonchev–Trinajstić information content (AvgIpc) is 3.26. The molecule has 4 heterocycles. The van der Waals surface area contributed by atoms with E-state index in [4.69, 9.17) is 4.74 Å². The van der Waals surface area contributed by atoms with Gasteiger partial charge in [-0.3, -0.25) is 4.98 Å². The van der Waals surface area contributed by atoms with Crippen LogP contribution in [0.1, 0.15) is 30.0 Å². The summed E-state index contributed by atoms with van der Waals surface area (Å²) in [5, 5.41) is 5.95. The number of pyridine rings is 2. The third-order valence-corrected chi connectivity index (χ3v) is 6.01. The van der Waals surface area contributed by atoms with Gasteiger partial charge in [-0.15, -0.1) is 0 Å². The molecule has 0 unspecified atom stereocenters. The van der Waals surface area contributed by atoms with Gasteiger partial charge in [0.25, 0.3) is 0 Å². The first-order valence-corrected chi connectivity index (χ1v) is 11.1. The van der Waals surface area contributed by atoms with E-state index in [2.05, 4.69) is 25.6 Å². The van der Waals surface area contributed by atoms with Crippen LogP contribution in [0.3, 0.4) is 0 Å². The summed E-state index contributed by atoms with van der Waals surface area (Å²) in [7, 11) is 0. The fourth-order valence-corrected chi connectivity index (χ4v) is 4.10. The molecule has 3 aromatic heterocycles. The van der Waals surface area contributed by atoms with E-state index in [1.807, 2.05) is 24.4 Å². The number of anilines is 2. The number of hydrogen-bond acceptors (Lipinski definition) is 4. The molecule has 7 nitrogen and oxygen atoms in total. The number of H-pyrrole nitrogens is 1. The molecule has 10 heteroatoms. The zero-order valence-corrected chi connectivity index (χ0v) is 18.5. The average molecular weight is 481 g/mol. The first-order chi connectivity index (χ1) is 16.9. The Morgan fingerprint density at radius 2 is 1.71 bits per heavy atom. The summed E-state index contributed by atoms with van der Waals surface area (Å²) in [5.74, 6) is 0.405. The molecule has 4 aromatic rings. The number of carbonyl (C=O) groups excluding carboxylic acids is 1. The molecule has 1 aliphatic rings. The third-order valence-electron chi connectivity index (χ3n) is 6.01. The van der Waals surface area contributed by atoms with Gasteiger partial charge in [0.05, 0.1) is 11.3 Å². The highest BCUT2D eigenvalue weighted by Crippen LogP contribution is 2.31. The number of carbonyl (C=O) groups is 1. The molecular formula is C25H22F3N5O2. The van der Waals surface area contributed by atoms with Gasteiger partial charge < -0.3 is 20.4 Å². The maximum Gasteiger partial charge on any atom is 0.416 e. The summed E-state index contributed by atoms with van der Waals surface area (Å²) in [5.41, 5.74) is 3.33. The molecule has 1 aliphatic heterocycles. The highest BCUT2D eigenvalue weighted by molar-refractivity contribution is 6.05. The van der Waals surface area contributed by atoms with Crippen molar-refractivity contribution in [2.45, 2.75) is 24.9 Å². The number of aromatic amines is 1. The van der Waals surface area contributed by atoms with Crippen molar-refractivity contribution >= 4 is 28.4 Å². The molecule has 0 radical (unpaired) electrons. The molecule has 5 rings (SSSR count). The number of nitrogens with zero attached hydrogens (tertiary/aromatic N) is 2. The Balaban J connectivity index is 1.30. The number of fused-ring (bicyclic) bond motifs is 1. The number of ether oxygens (including phenoxy) is 1. The third kappa shape index (κ3) is 5.12. The van der Waals surface area contributed by atoms with Crippen LogP contribution in [0.25, 0.3) is 22.2 Å². The minimum absolute atomic E-state index is 0.241. The number of amides is 2. The molecular weight excluding hydrogens is 459 g/mol. The molecule has 0 bridgehead atoms. The fourth-order valence-electron chi connectivity index (χ4n) is 4.10. The first-order valence-electron chi connectivity index (χ1n) is 11.1. The van der Waals surface area contributed by atoms with Gasteiger partial charge in [-0.05, 0) is 49.2 Å². The topological polar surface area (TPSA) is 91.9 Å². The Morgan fingerprint density at radius 3 is 2.40 bits per heavy atom. The van der Waals surface area contributed by atoms with Crippen molar-refractivity contribution in [1.29, 1.82) is 0 Å². The van der Waals surface area contributed by atoms with Crippen molar-refractivity contribution < 1.29 is 22.7 Å². The standard InChI is InChI=1S/C25H22F3N5O2/c26-25(27,28)18-2-4-19(5-3-18)32-24(34)33-22-14-31-23-20(22)11-17(13-30-23)16-1-6-21(29-12-16)15-7-9-35-10-8-15/h1-6,11-15H,7-10H2,(H,30,31)(H2,32,33,34). The van der Waals surface area contributed by atoms with Gasteiger partial charge in [0, 0.05) is 65.6 Å². The van der Waals surface area contributed by atoms with Gasteiger partial charge in [0.2, 0.25) is 0 Å². The number of urea groups is 1. The number of rotatable bonds is 4. The van der Waals surface area contributed by atoms with E-state index in [-0.39, 0.29) is 5.69 Å². The summed E-state index contributed by atoms with van der Waals surface area (Å²) in [6, 6.07) is 9.59. The van der Waals surface area contributed by atoms with E-state index in [1.165, 1.54) is 12.1 Å². The van der Waals surface area contributed by atoms with Crippen LogP contribution in [-0.2, 0) is 10.9 Å². The van der Waals surface area contributed by atoms with Crippen molar-refractivity contribution in [2.24, 2.45) is 0 Å². The van der Waals surface area contributed by atoms with Crippen LogP contribution < -0.4 is 10.6 Å². The number of hydrogen-bond donors (Lipinski definition) is 3. The number of benzene rings is 1. The quantitative estimate of drug-likeness (QED) is 0.325. The van der Waals surface area contributed by atoms with Crippen LogP contribution in [0.4, 0.5) is 29.3 Å². The Labute approximate surface area is 198 Å². The molecule has 0 spiro atoms. The Kier molecular flexibility index (Phi) is 6.12. The van der Waals surface area contributed by atoms with Crippen LogP contribution in [0.2, 0.25) is 0 Å². The fraction of sp³-hybridized carbons (Fsp3) is 0.240. The van der Waals surface area contributed by atoms with E-state index in [1.54, 1.807) is 12.4 Å². The van der Waals surface area contributed by atoms with Gasteiger partial charge in [-0.2, -0.15) is 13.2 Å². The number of aromatic nitrogens is 3. The lowest BCUT2D eigenvalue weighted by Crippen LogP contribution is -2.19. The van der Waals surface area contributed by atoms with E-state index in [0.29, 0.717) is 22.6 Å². The van der Waals surface area contributed by atoms with Gasteiger partial charge >= 0.3 is 12.2 Å². The van der Waals surface area contributed by atoms with Gasteiger partial charge in [-0.1, -0.05) is 6.07 Å². The second-order valence-electron chi connectivity index (χ2n) is 8.34. The molecule has 1 fully saturated rings. The van der Waals surface area contributed by atoms with Crippen LogP contribution in [0.15, 0.2) is 61.1 Å². The zero-order valence-electron chi connectivity index (χ0n) is 18.5. The van der Waals surface area contributed by atoms with Gasteiger partial charge in [0.15, 0.2) is 0 Å². The van der Waals surface area contributed by atoms with E-state index in [9.17, 15) is 18.0 Å². The summed E-state index contributed by atoms with van der Waals surface area (Å²) < 4.78 is 43.6. The monoisotopic (exact) mass is 481 g/mol. The van der Waals surface area contributed by atoms with Gasteiger partial charge in [0.1, 0.15) is 5.65 Å². The van der Waals surface area contributed by atoms with E-state index >= 15 is 0 Å². The largest absolute Gasteiger partial charge is 0.416 e. The maximum atomic E-state index is 12.7. The molecule has 0 saturated carbocycles. The Bertz CT molecular complexity index is 1330. The first kappa shape index (κ1) is 22.9. The molecule has 3 N–H and O–H groups in total. The van der Waals surface area contributed by atoms with E-state index in [0.717, 1.165) is 55.0 Å². The van der Waals surface area contributed by atoms with Crippen LogP contribution >= 0.6 is 0 Å². The smallest absolute Gasteiger partial charge is 0.381 e. The van der Waals surface area contributed by atoms with Crippen LogP contribution in [0, 0.1) is 0 Å². The van der Waals surface area contributed by atoms with E-state index < -0.39 is 17.8 Å². The number of halogens is 3. The summed E-state index contributed by atoms with van der Waals surface area (Å²) >= 11 is 0. The second kappa shape index (κ2) is 9.38. The molecule has 1 aromatic carbocycles. The van der Waals surface area contributed by atoms with Crippen molar-refractivity contribution in [3.05, 3.63) is 72.3 Å². The zero-order chi connectivity index (χ0) is 24.4. The molecule has 2 amide bonds. The predicted octanol–water partition coefficient (Wildman–Crippen LogP) is 6.18. The van der Waals surface area contributed by atoms with Gasteiger partial charge in [-0.25, -0.2) is 9.78 Å². The number of alkyl halides is 3. The Morgan fingerprint density at radius 1 is 0.971 bits per heavy atom. The highest BCUT2D eigenvalue weighted by Gasteiger charge is 2.30. The second-order valence-corrected chi connectivity index (χ2v) is 8.34. The van der Waals surface area contributed by atoms with Crippen molar-refractivity contribution in [3.63, 3.8) is 0 Å². The lowest BCUT2D eigenvalue weighted by atomic mass is 9.95. The molecule has 1 saturated heterocycles. The molecule has 180 valence electrons. The number of nitrogens with one attached hydrogen (secondary N) is 3. The summed E-state index contributed by atoms with van der Waals surface area (Å²) in [6.07, 6.45) is 2.66. The Hall–Kier alpha value is -3.92. The predicted molar refractivity (Wildman–Crippen MR) is 126 cm³/mol. The lowest BCUT2D eigenvalue weighted by molar-refractivity contribution is -0.137. The lowest BCUT2D eigenvalue weighted by Gasteiger charge is -2.21. The molecule has 0 atom stereocenters. The van der Waals surface area contributed by atoms with Crippen LogP contribution in [-0.4, -0.2) is 34.2 Å². The minimum atomic E-state index is -4.43. The van der Waals surface area contributed by atoms with Crippen molar-refractivity contribution in [3.8, 4) is 11.1 Å². The van der Waals surface area contributed by atoms with Crippen molar-refractivity contribution in [2.75, 3.05) is 23.8 Å². The molecule has 35 heavy (non-hydrogen) atoms. The summed E-state index contributed by atoms with van der Waals surface area (Å²) in [6.45, 7) is 1.51. The summed E-state index contributed by atoms with van der Waals surface area (Å²) in [4.78, 5) is 24.5. The maximum absolute atomic E-state index is 12.7. The highest BCUT2D eigenvalue weighted by atomic mass is 19.4.